The highest BCUT2D eigenvalue weighted by atomic mass is 16.3. The van der Waals surface area contributed by atoms with Gasteiger partial charge in [-0.15, -0.1) is 0 Å². The van der Waals surface area contributed by atoms with Gasteiger partial charge in [0.2, 0.25) is 5.89 Å². The van der Waals surface area contributed by atoms with Crippen LogP contribution in [0.15, 0.2) is 70.3 Å². The number of hydrogen-bond donors (Lipinski definition) is 2. The molecule has 0 aliphatic heterocycles. The molecule has 1 heterocycles. The van der Waals surface area contributed by atoms with Gasteiger partial charge >= 0.3 is 0 Å². The van der Waals surface area contributed by atoms with E-state index in [0.717, 1.165) is 30.2 Å². The maximum Gasteiger partial charge on any atom is 0.226 e. The SMILES string of the molecule is CN=C(NCCc1ccc(N(C)C)cc1)NCc1coc(-c2ccccc2)n1. The van der Waals surface area contributed by atoms with Crippen LogP contribution in [0.4, 0.5) is 5.69 Å². The summed E-state index contributed by atoms with van der Waals surface area (Å²) in [4.78, 5) is 10.9. The van der Waals surface area contributed by atoms with Crippen molar-refractivity contribution < 1.29 is 4.42 Å². The summed E-state index contributed by atoms with van der Waals surface area (Å²) in [5.41, 5.74) is 4.30. The quantitative estimate of drug-likeness (QED) is 0.488. The minimum absolute atomic E-state index is 0.549. The molecule has 2 N–H and O–H groups in total. The molecule has 0 bridgehead atoms. The van der Waals surface area contributed by atoms with Crippen molar-refractivity contribution in [3.8, 4) is 11.5 Å². The Morgan fingerprint density at radius 2 is 1.79 bits per heavy atom. The number of anilines is 1. The van der Waals surface area contributed by atoms with Crippen molar-refractivity contribution in [1.82, 2.24) is 15.6 Å². The fraction of sp³-hybridized carbons (Fsp3) is 0.273. The molecule has 2 aromatic carbocycles. The summed E-state index contributed by atoms with van der Waals surface area (Å²) in [5.74, 6) is 1.37. The van der Waals surface area contributed by atoms with Crippen molar-refractivity contribution in [2.75, 3.05) is 32.6 Å². The molecule has 0 unspecified atom stereocenters. The molecule has 28 heavy (non-hydrogen) atoms. The molecule has 0 spiro atoms. The van der Waals surface area contributed by atoms with Crippen molar-refractivity contribution >= 4 is 11.6 Å². The van der Waals surface area contributed by atoms with Gasteiger partial charge in [-0.2, -0.15) is 0 Å². The van der Waals surface area contributed by atoms with Crippen LogP contribution < -0.4 is 15.5 Å². The molecule has 0 atom stereocenters. The van der Waals surface area contributed by atoms with E-state index in [2.05, 4.69) is 49.8 Å². The van der Waals surface area contributed by atoms with E-state index in [1.807, 2.05) is 44.4 Å². The van der Waals surface area contributed by atoms with Crippen molar-refractivity contribution in [2.45, 2.75) is 13.0 Å². The summed E-state index contributed by atoms with van der Waals surface area (Å²) in [6.07, 6.45) is 2.60. The average molecular weight is 377 g/mol. The second-order valence-electron chi connectivity index (χ2n) is 6.67. The van der Waals surface area contributed by atoms with Gasteiger partial charge in [0.15, 0.2) is 5.96 Å². The smallest absolute Gasteiger partial charge is 0.226 e. The second-order valence-corrected chi connectivity index (χ2v) is 6.67. The van der Waals surface area contributed by atoms with E-state index in [1.54, 1.807) is 13.3 Å². The Morgan fingerprint density at radius 1 is 1.04 bits per heavy atom. The zero-order chi connectivity index (χ0) is 19.8. The first-order valence-corrected chi connectivity index (χ1v) is 9.36. The van der Waals surface area contributed by atoms with Gasteiger partial charge in [0.25, 0.3) is 0 Å². The Hall–Kier alpha value is -3.28. The standard InChI is InChI=1S/C22H27N5O/c1-23-22(24-14-13-17-9-11-20(12-10-17)27(2)3)25-15-19-16-28-21(26-19)18-7-5-4-6-8-18/h4-12,16H,13-15H2,1-3H3,(H2,23,24,25). The molecule has 0 fully saturated rings. The largest absolute Gasteiger partial charge is 0.444 e. The van der Waals surface area contributed by atoms with Crippen LogP contribution in [-0.2, 0) is 13.0 Å². The first-order valence-electron chi connectivity index (χ1n) is 9.36. The molecule has 0 amide bonds. The van der Waals surface area contributed by atoms with Gasteiger partial charge in [-0.25, -0.2) is 4.98 Å². The van der Waals surface area contributed by atoms with E-state index in [4.69, 9.17) is 4.42 Å². The third-order valence-electron chi connectivity index (χ3n) is 4.39. The maximum absolute atomic E-state index is 5.57. The third kappa shape index (κ3) is 5.36. The predicted octanol–water partition coefficient (Wildman–Crippen LogP) is 3.32. The number of aliphatic imine (C=N–C) groups is 1. The summed E-state index contributed by atoms with van der Waals surface area (Å²) in [6.45, 7) is 1.35. The number of nitrogens with zero attached hydrogens (tertiary/aromatic N) is 3. The zero-order valence-corrected chi connectivity index (χ0v) is 16.6. The van der Waals surface area contributed by atoms with Gasteiger partial charge in [0.05, 0.1) is 12.2 Å². The highest BCUT2D eigenvalue weighted by Crippen LogP contribution is 2.17. The van der Waals surface area contributed by atoms with Crippen LogP contribution in [0.3, 0.4) is 0 Å². The maximum atomic E-state index is 5.57. The summed E-state index contributed by atoms with van der Waals surface area (Å²) in [7, 11) is 5.85. The molecule has 3 aromatic rings. The first-order chi connectivity index (χ1) is 13.7. The fourth-order valence-corrected chi connectivity index (χ4v) is 2.78. The lowest BCUT2D eigenvalue weighted by Gasteiger charge is -2.13. The number of aromatic nitrogens is 1. The van der Waals surface area contributed by atoms with Gasteiger partial charge in [-0.1, -0.05) is 30.3 Å². The lowest BCUT2D eigenvalue weighted by atomic mass is 10.1. The average Bonchev–Trinajstić information content (AvgIpc) is 3.20. The van der Waals surface area contributed by atoms with Crippen LogP contribution >= 0.6 is 0 Å². The van der Waals surface area contributed by atoms with E-state index in [-0.39, 0.29) is 0 Å². The Kier molecular flexibility index (Phi) is 6.68. The van der Waals surface area contributed by atoms with Crippen LogP contribution in [0, 0.1) is 0 Å². The zero-order valence-electron chi connectivity index (χ0n) is 16.6. The van der Waals surface area contributed by atoms with Crippen molar-refractivity contribution in [3.05, 3.63) is 72.1 Å². The summed E-state index contributed by atoms with van der Waals surface area (Å²) in [5, 5.41) is 6.60. The molecule has 0 aliphatic carbocycles. The topological polar surface area (TPSA) is 65.7 Å². The molecule has 0 saturated carbocycles. The lowest BCUT2D eigenvalue weighted by molar-refractivity contribution is 0.572. The molecule has 6 heteroatoms. The molecule has 146 valence electrons. The normalized spacial score (nSPS) is 11.3. The molecule has 0 aliphatic rings. The molecule has 3 rings (SSSR count). The van der Waals surface area contributed by atoms with E-state index in [0.29, 0.717) is 12.4 Å². The first kappa shape index (κ1) is 19.5. The summed E-state index contributed by atoms with van der Waals surface area (Å²) >= 11 is 0. The van der Waals surface area contributed by atoms with E-state index in [9.17, 15) is 0 Å². The number of rotatable bonds is 7. The third-order valence-corrected chi connectivity index (χ3v) is 4.39. The molecular formula is C22H27N5O. The van der Waals surface area contributed by atoms with Crippen molar-refractivity contribution in [2.24, 2.45) is 4.99 Å². The number of oxazole rings is 1. The Morgan fingerprint density at radius 3 is 2.46 bits per heavy atom. The van der Waals surface area contributed by atoms with Crippen LogP contribution in [0.2, 0.25) is 0 Å². The van der Waals surface area contributed by atoms with Gasteiger partial charge in [-0.3, -0.25) is 4.99 Å². The van der Waals surface area contributed by atoms with Crippen molar-refractivity contribution in [1.29, 1.82) is 0 Å². The Balaban J connectivity index is 1.45. The van der Waals surface area contributed by atoms with Crippen LogP contribution in [0.1, 0.15) is 11.3 Å². The monoisotopic (exact) mass is 377 g/mol. The Bertz CT molecular complexity index is 885. The Labute approximate surface area is 166 Å². The summed E-state index contributed by atoms with van der Waals surface area (Å²) in [6, 6.07) is 18.5. The van der Waals surface area contributed by atoms with Gasteiger partial charge in [0, 0.05) is 38.9 Å². The van der Waals surface area contributed by atoms with Gasteiger partial charge in [-0.05, 0) is 36.2 Å². The van der Waals surface area contributed by atoms with Gasteiger partial charge < -0.3 is 20.0 Å². The highest BCUT2D eigenvalue weighted by Gasteiger charge is 2.07. The van der Waals surface area contributed by atoms with E-state index < -0.39 is 0 Å². The number of hydrogen-bond acceptors (Lipinski definition) is 4. The van der Waals surface area contributed by atoms with E-state index in [1.165, 1.54) is 11.3 Å². The van der Waals surface area contributed by atoms with Crippen molar-refractivity contribution in [3.63, 3.8) is 0 Å². The highest BCUT2D eigenvalue weighted by molar-refractivity contribution is 5.79. The minimum atomic E-state index is 0.549. The second kappa shape index (κ2) is 9.60. The fourth-order valence-electron chi connectivity index (χ4n) is 2.78. The van der Waals surface area contributed by atoms with Crippen LogP contribution in [0.25, 0.3) is 11.5 Å². The lowest BCUT2D eigenvalue weighted by Crippen LogP contribution is -2.37. The molecule has 6 nitrogen and oxygen atoms in total. The van der Waals surface area contributed by atoms with Gasteiger partial charge in [0.1, 0.15) is 6.26 Å². The molecular weight excluding hydrogens is 350 g/mol. The number of guanidine groups is 1. The number of benzene rings is 2. The number of nitrogens with one attached hydrogen (secondary N) is 2. The molecule has 1 aromatic heterocycles. The van der Waals surface area contributed by atoms with Crippen LogP contribution in [0.5, 0.6) is 0 Å². The van der Waals surface area contributed by atoms with Crippen LogP contribution in [-0.4, -0.2) is 38.6 Å². The predicted molar refractivity (Wildman–Crippen MR) is 115 cm³/mol. The molecule has 0 radical (unpaired) electrons. The summed E-state index contributed by atoms with van der Waals surface area (Å²) < 4.78 is 5.57. The molecule has 0 saturated heterocycles. The van der Waals surface area contributed by atoms with E-state index >= 15 is 0 Å². The minimum Gasteiger partial charge on any atom is -0.444 e.